The van der Waals surface area contributed by atoms with Gasteiger partial charge in [0.2, 0.25) is 0 Å². The fourth-order valence-electron chi connectivity index (χ4n) is 2.81. The van der Waals surface area contributed by atoms with Crippen molar-refractivity contribution in [1.82, 2.24) is 14.7 Å². The molecule has 0 saturated heterocycles. The molecular formula is C14H18N4O2. The summed E-state index contributed by atoms with van der Waals surface area (Å²) in [4.78, 5) is 15.5. The van der Waals surface area contributed by atoms with Crippen molar-refractivity contribution in [2.45, 2.75) is 38.3 Å². The number of fused-ring (bicyclic) bond motifs is 1. The largest absolute Gasteiger partial charge is 0.476 e. The van der Waals surface area contributed by atoms with E-state index in [1.807, 2.05) is 0 Å². The van der Waals surface area contributed by atoms with Gasteiger partial charge in [-0.3, -0.25) is 0 Å². The number of pyridine rings is 1. The van der Waals surface area contributed by atoms with Gasteiger partial charge in [-0.1, -0.05) is 12.8 Å². The van der Waals surface area contributed by atoms with Crippen LogP contribution < -0.4 is 11.1 Å². The van der Waals surface area contributed by atoms with Crippen LogP contribution >= 0.6 is 0 Å². The Labute approximate surface area is 116 Å². The number of hydrogen-bond acceptors (Lipinski definition) is 4. The molecule has 2 aromatic rings. The Bertz CT molecular complexity index is 644. The summed E-state index contributed by atoms with van der Waals surface area (Å²) < 4.78 is 1.79. The molecule has 20 heavy (non-hydrogen) atoms. The summed E-state index contributed by atoms with van der Waals surface area (Å²) in [6, 6.07) is 3.92. The zero-order chi connectivity index (χ0) is 14.1. The minimum absolute atomic E-state index is 0.0560. The van der Waals surface area contributed by atoms with Gasteiger partial charge in [0.15, 0.2) is 5.69 Å². The fraction of sp³-hybridized carbons (Fsp3) is 0.429. The molecule has 4 N–H and O–H groups in total. The molecule has 6 heteroatoms. The molecule has 6 nitrogen and oxygen atoms in total. The van der Waals surface area contributed by atoms with E-state index in [-0.39, 0.29) is 5.69 Å². The number of nitrogen functional groups attached to an aromatic ring is 1. The van der Waals surface area contributed by atoms with Crippen molar-refractivity contribution in [3.05, 3.63) is 29.8 Å². The van der Waals surface area contributed by atoms with Gasteiger partial charge in [0, 0.05) is 17.9 Å². The first-order valence-electron chi connectivity index (χ1n) is 6.88. The number of rotatable bonds is 4. The van der Waals surface area contributed by atoms with E-state index in [4.69, 9.17) is 5.73 Å². The number of carboxylic acid groups (broad SMARTS) is 1. The second kappa shape index (κ2) is 5.13. The molecular weight excluding hydrogens is 256 g/mol. The van der Waals surface area contributed by atoms with E-state index in [2.05, 4.69) is 10.3 Å². The van der Waals surface area contributed by atoms with E-state index < -0.39 is 5.97 Å². The van der Waals surface area contributed by atoms with E-state index >= 15 is 0 Å². The molecule has 0 amide bonds. The average Bonchev–Trinajstić information content (AvgIpc) is 3.02. The van der Waals surface area contributed by atoms with Crippen molar-refractivity contribution in [1.29, 1.82) is 0 Å². The summed E-state index contributed by atoms with van der Waals surface area (Å²) in [5.41, 5.74) is 6.86. The summed E-state index contributed by atoms with van der Waals surface area (Å²) in [6.07, 6.45) is 6.66. The van der Waals surface area contributed by atoms with Crippen LogP contribution in [0.2, 0.25) is 0 Å². The molecule has 0 aliphatic heterocycles. The molecule has 0 aromatic carbocycles. The number of hydrogen-bond donors (Lipinski definition) is 3. The molecule has 0 spiro atoms. The lowest BCUT2D eigenvalue weighted by molar-refractivity contribution is 0.0693. The maximum absolute atomic E-state index is 11.3. The summed E-state index contributed by atoms with van der Waals surface area (Å²) in [7, 11) is 0. The number of aromatic nitrogens is 2. The Hall–Kier alpha value is -2.08. The second-order valence-electron chi connectivity index (χ2n) is 5.26. The van der Waals surface area contributed by atoms with Gasteiger partial charge < -0.3 is 20.6 Å². The lowest BCUT2D eigenvalue weighted by Gasteiger charge is -2.10. The highest BCUT2D eigenvalue weighted by molar-refractivity contribution is 5.94. The zero-order valence-electron chi connectivity index (χ0n) is 11.2. The summed E-state index contributed by atoms with van der Waals surface area (Å²) in [5.74, 6) is -0.315. The second-order valence-corrected chi connectivity index (χ2v) is 5.26. The molecule has 1 saturated carbocycles. The van der Waals surface area contributed by atoms with E-state index in [1.165, 1.54) is 25.7 Å². The summed E-state index contributed by atoms with van der Waals surface area (Å²) in [6.45, 7) is 0.572. The average molecular weight is 274 g/mol. The standard InChI is InChI=1S/C14H18N4O2/c15-9-5-6-18-11(7-9)13(14(19)20)17-12(18)8-16-10-3-1-2-4-10/h5-7,10,16H,1-4,8,15H2,(H,19,20). The number of aromatic carboxylic acids is 1. The van der Waals surface area contributed by atoms with Gasteiger partial charge in [-0.15, -0.1) is 0 Å². The van der Waals surface area contributed by atoms with Crippen LogP contribution in [0.5, 0.6) is 0 Å². The van der Waals surface area contributed by atoms with E-state index in [9.17, 15) is 9.90 Å². The molecule has 0 unspecified atom stereocenters. The van der Waals surface area contributed by atoms with Crippen LogP contribution in [0.15, 0.2) is 18.3 Å². The number of carboxylic acids is 1. The van der Waals surface area contributed by atoms with Crippen molar-refractivity contribution in [2.24, 2.45) is 0 Å². The number of nitrogens with zero attached hydrogens (tertiary/aromatic N) is 2. The van der Waals surface area contributed by atoms with Crippen LogP contribution in [0.4, 0.5) is 5.69 Å². The number of nitrogens with one attached hydrogen (secondary N) is 1. The minimum atomic E-state index is -1.03. The maximum atomic E-state index is 11.3. The number of nitrogens with two attached hydrogens (primary N) is 1. The van der Waals surface area contributed by atoms with Crippen molar-refractivity contribution in [2.75, 3.05) is 5.73 Å². The van der Waals surface area contributed by atoms with Crippen LogP contribution in [0, 0.1) is 0 Å². The van der Waals surface area contributed by atoms with Crippen molar-refractivity contribution >= 4 is 17.2 Å². The molecule has 2 aromatic heterocycles. The van der Waals surface area contributed by atoms with Gasteiger partial charge in [-0.25, -0.2) is 9.78 Å². The van der Waals surface area contributed by atoms with E-state index in [1.54, 1.807) is 22.7 Å². The maximum Gasteiger partial charge on any atom is 0.356 e. The monoisotopic (exact) mass is 274 g/mol. The van der Waals surface area contributed by atoms with Gasteiger partial charge in [-0.05, 0) is 25.0 Å². The van der Waals surface area contributed by atoms with Crippen LogP contribution in [-0.4, -0.2) is 26.5 Å². The SMILES string of the molecule is Nc1ccn2c(CNC3CCCC3)nc(C(=O)O)c2c1. The third kappa shape index (κ3) is 2.34. The Kier molecular flexibility index (Phi) is 3.31. The van der Waals surface area contributed by atoms with E-state index in [0.717, 1.165) is 0 Å². The normalized spacial score (nSPS) is 16.0. The Morgan fingerprint density at radius 1 is 1.50 bits per heavy atom. The molecule has 106 valence electrons. The molecule has 2 heterocycles. The molecule has 1 aliphatic rings. The van der Waals surface area contributed by atoms with Gasteiger partial charge in [0.25, 0.3) is 0 Å². The molecule has 0 bridgehead atoms. The molecule has 0 atom stereocenters. The highest BCUT2D eigenvalue weighted by Gasteiger charge is 2.19. The topological polar surface area (TPSA) is 92.7 Å². The summed E-state index contributed by atoms with van der Waals surface area (Å²) in [5, 5.41) is 12.7. The highest BCUT2D eigenvalue weighted by atomic mass is 16.4. The predicted octanol–water partition coefficient (Wildman–Crippen LogP) is 1.65. The fourth-order valence-corrected chi connectivity index (χ4v) is 2.81. The summed E-state index contributed by atoms with van der Waals surface area (Å²) >= 11 is 0. The Balaban J connectivity index is 1.91. The Morgan fingerprint density at radius 3 is 2.95 bits per heavy atom. The van der Waals surface area contributed by atoms with Crippen molar-refractivity contribution in [3.8, 4) is 0 Å². The Morgan fingerprint density at radius 2 is 2.25 bits per heavy atom. The third-order valence-corrected chi connectivity index (χ3v) is 3.85. The smallest absolute Gasteiger partial charge is 0.356 e. The number of imidazole rings is 1. The number of anilines is 1. The minimum Gasteiger partial charge on any atom is -0.476 e. The van der Waals surface area contributed by atoms with Gasteiger partial charge >= 0.3 is 5.97 Å². The van der Waals surface area contributed by atoms with Crippen molar-refractivity contribution in [3.63, 3.8) is 0 Å². The van der Waals surface area contributed by atoms with Crippen LogP contribution in [0.3, 0.4) is 0 Å². The molecule has 1 fully saturated rings. The van der Waals surface area contributed by atoms with Gasteiger partial charge in [0.05, 0.1) is 12.1 Å². The third-order valence-electron chi connectivity index (χ3n) is 3.85. The lowest BCUT2D eigenvalue weighted by Crippen LogP contribution is -2.26. The van der Waals surface area contributed by atoms with Gasteiger partial charge in [0.1, 0.15) is 5.82 Å². The van der Waals surface area contributed by atoms with Crippen LogP contribution in [-0.2, 0) is 6.54 Å². The molecule has 1 aliphatic carbocycles. The van der Waals surface area contributed by atoms with Crippen LogP contribution in [0.25, 0.3) is 5.52 Å². The number of carbonyl (C=O) groups is 1. The van der Waals surface area contributed by atoms with Crippen molar-refractivity contribution < 1.29 is 9.90 Å². The first kappa shape index (κ1) is 12.9. The first-order chi connectivity index (χ1) is 9.65. The van der Waals surface area contributed by atoms with Crippen LogP contribution in [0.1, 0.15) is 42.0 Å². The zero-order valence-corrected chi connectivity index (χ0v) is 11.2. The lowest BCUT2D eigenvalue weighted by atomic mass is 10.2. The molecule has 0 radical (unpaired) electrons. The van der Waals surface area contributed by atoms with E-state index in [0.29, 0.717) is 29.6 Å². The quantitative estimate of drug-likeness (QED) is 0.788. The molecule has 3 rings (SSSR count). The predicted molar refractivity (Wildman–Crippen MR) is 75.7 cm³/mol. The van der Waals surface area contributed by atoms with Gasteiger partial charge in [-0.2, -0.15) is 0 Å². The highest BCUT2D eigenvalue weighted by Crippen LogP contribution is 2.20. The first-order valence-corrected chi connectivity index (χ1v) is 6.88.